The van der Waals surface area contributed by atoms with E-state index in [1.807, 2.05) is 6.07 Å². The van der Waals surface area contributed by atoms with Crippen molar-refractivity contribution in [2.24, 2.45) is 4.99 Å². The summed E-state index contributed by atoms with van der Waals surface area (Å²) in [5.74, 6) is 0.868. The second kappa shape index (κ2) is 11.1. The van der Waals surface area contributed by atoms with E-state index in [2.05, 4.69) is 50.9 Å². The third-order valence-corrected chi connectivity index (χ3v) is 7.20. The Morgan fingerprint density at radius 3 is 2.30 bits per heavy atom. The van der Waals surface area contributed by atoms with Crippen LogP contribution in [-0.4, -0.2) is 57.8 Å². The monoisotopic (exact) mass is 428 g/mol. The average Bonchev–Trinajstić information content (AvgIpc) is 2.78. The Labute approximate surface area is 180 Å². The highest BCUT2D eigenvalue weighted by Crippen LogP contribution is 2.14. The third kappa shape index (κ3) is 6.85. The number of nitrogens with one attached hydrogen (secondary N) is 2. The normalized spacial score (nSPS) is 16.4. The zero-order valence-corrected chi connectivity index (χ0v) is 18.4. The molecule has 1 saturated heterocycles. The van der Waals surface area contributed by atoms with E-state index in [1.54, 1.807) is 31.3 Å². The van der Waals surface area contributed by atoms with Gasteiger partial charge in [-0.05, 0) is 37.0 Å². The molecule has 1 aliphatic heterocycles. The van der Waals surface area contributed by atoms with E-state index in [9.17, 15) is 8.42 Å². The highest BCUT2D eigenvalue weighted by atomic mass is 32.2. The molecular weight excluding hydrogens is 396 g/mol. The molecule has 7 heteroatoms. The van der Waals surface area contributed by atoms with Gasteiger partial charge in [-0.1, -0.05) is 48.5 Å². The lowest BCUT2D eigenvalue weighted by Gasteiger charge is -2.33. The molecule has 0 atom stereocenters. The molecule has 0 spiro atoms. The number of likely N-dealkylation sites (tertiary alicyclic amines) is 1. The lowest BCUT2D eigenvalue weighted by Crippen LogP contribution is -2.48. The fraction of sp³-hybridized carbons (Fsp3) is 0.435. The van der Waals surface area contributed by atoms with Crippen molar-refractivity contribution >= 4 is 15.8 Å². The Morgan fingerprint density at radius 2 is 1.67 bits per heavy atom. The van der Waals surface area contributed by atoms with Crippen LogP contribution in [0.5, 0.6) is 0 Å². The molecule has 30 heavy (non-hydrogen) atoms. The van der Waals surface area contributed by atoms with Crippen LogP contribution in [0.4, 0.5) is 0 Å². The highest BCUT2D eigenvalue weighted by Gasteiger charge is 2.20. The van der Waals surface area contributed by atoms with Gasteiger partial charge in [0.2, 0.25) is 0 Å². The van der Waals surface area contributed by atoms with Gasteiger partial charge in [0.05, 0.1) is 10.6 Å². The zero-order valence-electron chi connectivity index (χ0n) is 17.6. The molecule has 1 fully saturated rings. The number of aliphatic imine (C=N–C) groups is 1. The van der Waals surface area contributed by atoms with Crippen molar-refractivity contribution in [1.29, 1.82) is 0 Å². The van der Waals surface area contributed by atoms with Crippen LogP contribution in [0.3, 0.4) is 0 Å². The molecule has 0 saturated carbocycles. The Kier molecular flexibility index (Phi) is 8.28. The van der Waals surface area contributed by atoms with Gasteiger partial charge in [0.1, 0.15) is 0 Å². The second-order valence-electron chi connectivity index (χ2n) is 7.66. The van der Waals surface area contributed by atoms with Crippen molar-refractivity contribution < 1.29 is 8.42 Å². The van der Waals surface area contributed by atoms with E-state index in [0.29, 0.717) is 23.9 Å². The lowest BCUT2D eigenvalue weighted by atomic mass is 10.0. The largest absolute Gasteiger partial charge is 0.356 e. The minimum atomic E-state index is -3.23. The van der Waals surface area contributed by atoms with Crippen LogP contribution in [0.2, 0.25) is 0 Å². The molecule has 2 N–H and O–H groups in total. The zero-order chi connectivity index (χ0) is 21.2. The minimum Gasteiger partial charge on any atom is -0.356 e. The van der Waals surface area contributed by atoms with Gasteiger partial charge in [-0.3, -0.25) is 9.89 Å². The summed E-state index contributed by atoms with van der Waals surface area (Å²) in [4.78, 5) is 7.16. The first kappa shape index (κ1) is 22.3. The van der Waals surface area contributed by atoms with Crippen LogP contribution in [0.1, 0.15) is 24.8 Å². The van der Waals surface area contributed by atoms with Crippen molar-refractivity contribution in [3.8, 4) is 0 Å². The fourth-order valence-electron chi connectivity index (χ4n) is 3.68. The maximum atomic E-state index is 12.3. The molecule has 6 nitrogen and oxygen atoms in total. The smallest absolute Gasteiger partial charge is 0.191 e. The number of hydrogen-bond donors (Lipinski definition) is 2. The molecule has 1 aliphatic rings. The van der Waals surface area contributed by atoms with E-state index in [-0.39, 0.29) is 5.75 Å². The highest BCUT2D eigenvalue weighted by molar-refractivity contribution is 7.91. The van der Waals surface area contributed by atoms with E-state index in [1.165, 1.54) is 5.56 Å². The first-order chi connectivity index (χ1) is 14.6. The predicted octanol–water partition coefficient (Wildman–Crippen LogP) is 2.68. The molecule has 1 heterocycles. The summed E-state index contributed by atoms with van der Waals surface area (Å²) in [6, 6.07) is 19.6. The maximum Gasteiger partial charge on any atom is 0.191 e. The van der Waals surface area contributed by atoms with Crippen LogP contribution < -0.4 is 10.6 Å². The van der Waals surface area contributed by atoms with Crippen LogP contribution in [-0.2, 0) is 16.4 Å². The summed E-state index contributed by atoms with van der Waals surface area (Å²) >= 11 is 0. The summed E-state index contributed by atoms with van der Waals surface area (Å²) in [7, 11) is -1.48. The standard InChI is InChI=1S/C23H32N4O2S/c1-24-23(25-15-8-18-30(28,29)22-11-6-3-7-12-22)26-21-13-16-27(17-14-21)19-20-9-4-2-5-10-20/h2-7,9-12,21H,8,13-19H2,1H3,(H2,24,25,26). The molecule has 0 radical (unpaired) electrons. The molecule has 3 rings (SSSR count). The molecule has 0 bridgehead atoms. The van der Waals surface area contributed by atoms with Gasteiger partial charge in [0.25, 0.3) is 0 Å². The first-order valence-electron chi connectivity index (χ1n) is 10.6. The molecule has 162 valence electrons. The Balaban J connectivity index is 1.36. The summed E-state index contributed by atoms with van der Waals surface area (Å²) in [6.07, 6.45) is 2.67. The van der Waals surface area contributed by atoms with Crippen molar-refractivity contribution in [2.75, 3.05) is 32.4 Å². The SMILES string of the molecule is CN=C(NCCCS(=O)(=O)c1ccccc1)NC1CCN(Cc2ccccc2)CC1. The molecule has 2 aromatic rings. The first-order valence-corrected chi connectivity index (χ1v) is 12.2. The number of guanidine groups is 1. The fourth-order valence-corrected chi connectivity index (χ4v) is 5.01. The molecule has 0 amide bonds. The second-order valence-corrected chi connectivity index (χ2v) is 9.77. The maximum absolute atomic E-state index is 12.3. The summed E-state index contributed by atoms with van der Waals surface area (Å²) in [5, 5.41) is 6.73. The van der Waals surface area contributed by atoms with Gasteiger partial charge in [-0.15, -0.1) is 0 Å². The summed E-state index contributed by atoms with van der Waals surface area (Å²) in [5.41, 5.74) is 1.35. The van der Waals surface area contributed by atoms with E-state index in [0.717, 1.165) is 38.4 Å². The van der Waals surface area contributed by atoms with Crippen molar-refractivity contribution in [3.63, 3.8) is 0 Å². The van der Waals surface area contributed by atoms with Gasteiger partial charge in [0.15, 0.2) is 15.8 Å². The number of piperidine rings is 1. The number of hydrogen-bond acceptors (Lipinski definition) is 4. The lowest BCUT2D eigenvalue weighted by molar-refractivity contribution is 0.198. The number of sulfone groups is 1. The van der Waals surface area contributed by atoms with Crippen LogP contribution >= 0.6 is 0 Å². The van der Waals surface area contributed by atoms with Crippen molar-refractivity contribution in [1.82, 2.24) is 15.5 Å². The third-order valence-electron chi connectivity index (χ3n) is 5.39. The molecule has 2 aromatic carbocycles. The van der Waals surface area contributed by atoms with Gasteiger partial charge >= 0.3 is 0 Å². The van der Waals surface area contributed by atoms with Crippen LogP contribution in [0.25, 0.3) is 0 Å². The summed E-state index contributed by atoms with van der Waals surface area (Å²) < 4.78 is 24.7. The van der Waals surface area contributed by atoms with Gasteiger partial charge in [0, 0.05) is 39.3 Å². The Bertz CT molecular complexity index is 893. The Hall–Kier alpha value is -2.38. The molecule has 0 unspecified atom stereocenters. The summed E-state index contributed by atoms with van der Waals surface area (Å²) in [6.45, 7) is 3.67. The quantitative estimate of drug-likeness (QED) is 0.384. The topological polar surface area (TPSA) is 73.8 Å². The van der Waals surface area contributed by atoms with Gasteiger partial charge < -0.3 is 10.6 Å². The molecule has 0 aromatic heterocycles. The van der Waals surface area contributed by atoms with Gasteiger partial charge in [-0.2, -0.15) is 0 Å². The Morgan fingerprint density at radius 1 is 1.03 bits per heavy atom. The van der Waals surface area contributed by atoms with Crippen molar-refractivity contribution in [2.45, 2.75) is 36.7 Å². The van der Waals surface area contributed by atoms with Crippen LogP contribution in [0.15, 0.2) is 70.6 Å². The predicted molar refractivity (Wildman–Crippen MR) is 122 cm³/mol. The number of benzene rings is 2. The molecule has 0 aliphatic carbocycles. The average molecular weight is 429 g/mol. The minimum absolute atomic E-state index is 0.124. The van der Waals surface area contributed by atoms with Crippen molar-refractivity contribution in [3.05, 3.63) is 66.2 Å². The number of rotatable bonds is 8. The number of nitrogens with zero attached hydrogens (tertiary/aromatic N) is 2. The van der Waals surface area contributed by atoms with E-state index in [4.69, 9.17) is 0 Å². The van der Waals surface area contributed by atoms with Crippen LogP contribution in [0, 0.1) is 0 Å². The van der Waals surface area contributed by atoms with E-state index < -0.39 is 9.84 Å². The molecular formula is C23H32N4O2S. The van der Waals surface area contributed by atoms with E-state index >= 15 is 0 Å². The van der Waals surface area contributed by atoms with Gasteiger partial charge in [-0.25, -0.2) is 8.42 Å².